The molecule has 2 heterocycles. The molecule has 0 saturated heterocycles. The van der Waals surface area contributed by atoms with Crippen molar-refractivity contribution in [1.82, 2.24) is 38.7 Å². The predicted molar refractivity (Wildman–Crippen MR) is 362 cm³/mol. The number of hydrogen-bond donors (Lipinski definition) is 0. The molecule has 0 N–H and O–H groups in total. The van der Waals surface area contributed by atoms with E-state index in [1.807, 2.05) is 0 Å². The van der Waals surface area contributed by atoms with Crippen molar-refractivity contribution in [3.8, 4) is 22.3 Å². The van der Waals surface area contributed by atoms with Crippen LogP contribution in [0.15, 0.2) is 159 Å². The summed E-state index contributed by atoms with van der Waals surface area (Å²) in [6.45, 7) is -17.7. The van der Waals surface area contributed by atoms with E-state index in [2.05, 4.69) is 9.97 Å². The summed E-state index contributed by atoms with van der Waals surface area (Å²) in [5.74, 6) is -9.61. The fourth-order valence-corrected chi connectivity index (χ4v) is 10.4. The predicted octanol–water partition coefficient (Wildman–Crippen LogP) is 15.0. The highest BCUT2D eigenvalue weighted by molar-refractivity contribution is 7.98. The second-order valence-electron chi connectivity index (χ2n) is 20.4. The SMILES string of the molecule is [2H]c1c([2H])c(C([2H])([2H])Sc2nc(=O)c3c(n2CC(=O)N(C([2H])([2H])c2c([2H])c([2H])c(-c4c([2H])c([2H])c(C(F)(F)F)c([2H])c4[2H])c([2H])c2C)C([2H])([2H])C([2H])([2H])N(CC)CC)CCC3)c([2H])c([2H])c1F.[2H]c1c([2H])c(C([2H])([2H])Sc2nc(=O)c3c(n2CC(=O)N(C([2H])([2H])c2ccc(-c4ccc(C(F)(F)F)cc4)cc2)C([2H])([2H])C([2H])([2H])N(CC)CC)C([2H])([2H])C([2H])(C)C3([2H])[2H])c([2H])c([2H])c1F. The largest absolute Gasteiger partial charge is 0.416 e. The number of fused-ring (bicyclic) bond motifs is 2. The number of likely N-dealkylation sites (N-methyl/N-ethyl adjacent to an activating group) is 2. The molecule has 10 rings (SSSR count). The average Bonchev–Trinajstić information content (AvgIpc) is 1.51. The highest BCUT2D eigenvalue weighted by Crippen LogP contribution is 2.35. The number of benzene rings is 6. The van der Waals surface area contributed by atoms with Crippen molar-refractivity contribution in [2.75, 3.05) is 52.2 Å². The monoisotopic (exact) mass is 1400 g/mol. The maximum absolute atomic E-state index is 15.0. The van der Waals surface area contributed by atoms with Crippen LogP contribution < -0.4 is 11.1 Å². The Labute approximate surface area is 614 Å². The van der Waals surface area contributed by atoms with Crippen molar-refractivity contribution in [2.24, 2.45) is 5.89 Å². The van der Waals surface area contributed by atoms with Gasteiger partial charge in [0.1, 0.15) is 24.7 Å². The van der Waals surface area contributed by atoms with Crippen LogP contribution in [-0.4, -0.2) is 103 Å². The molecule has 2 aromatic heterocycles. The molecule has 0 saturated carbocycles. The van der Waals surface area contributed by atoms with Gasteiger partial charge in [-0.3, -0.25) is 19.2 Å². The highest BCUT2D eigenvalue weighted by Gasteiger charge is 2.33. The molecule has 2 amide bonds. The van der Waals surface area contributed by atoms with E-state index < -0.39 is 291 Å². The summed E-state index contributed by atoms with van der Waals surface area (Å²) in [6, 6.07) is -10.9. The van der Waals surface area contributed by atoms with Gasteiger partial charge in [0.25, 0.3) is 11.1 Å². The fraction of sp³-hybridized carbons (Fsp3) is 0.378. The van der Waals surface area contributed by atoms with E-state index in [0.29, 0.717) is 4.57 Å². The molecule has 8 aromatic rings. The molecule has 2 aliphatic carbocycles. The Kier molecular flexibility index (Phi) is 13.1. The number of aromatic nitrogens is 4. The summed E-state index contributed by atoms with van der Waals surface area (Å²) in [6.07, 6.45) is -16.3. The maximum atomic E-state index is 15.0. The van der Waals surface area contributed by atoms with E-state index in [1.165, 1.54) is 39.8 Å². The number of thioether (sulfide) groups is 2. The molecular formula is C74H80F8N8O4S2. The minimum atomic E-state index is -5.39. The van der Waals surface area contributed by atoms with Crippen molar-refractivity contribution >= 4 is 35.3 Å². The molecule has 96 heavy (non-hydrogen) atoms. The Bertz CT molecular complexity index is 5950. The zero-order valence-corrected chi connectivity index (χ0v) is 53.2. The molecule has 22 heteroatoms. The summed E-state index contributed by atoms with van der Waals surface area (Å²) in [5.41, 5.74) is -20.1. The van der Waals surface area contributed by atoms with E-state index in [4.69, 9.17) is 38.4 Å². The fourth-order valence-electron chi connectivity index (χ4n) is 8.98. The number of nitrogens with zero attached hydrogens (tertiary/aromatic N) is 8. The molecule has 0 fully saturated rings. The average molecular weight is 1400 g/mol. The molecule has 0 spiro atoms. The number of rotatable bonds is 26. The molecular weight excluding hydrogens is 1280 g/mol. The van der Waals surface area contributed by atoms with Crippen molar-refractivity contribution in [2.45, 2.75) is 134 Å². The van der Waals surface area contributed by atoms with Crippen molar-refractivity contribution in [3.63, 3.8) is 0 Å². The van der Waals surface area contributed by atoms with Gasteiger partial charge in [-0.15, -0.1) is 0 Å². The summed E-state index contributed by atoms with van der Waals surface area (Å²) < 4.78 is 425. The number of carbonyl (C=O) groups is 2. The van der Waals surface area contributed by atoms with E-state index in [1.54, 1.807) is 0 Å². The number of amides is 2. The number of carbonyl (C=O) groups excluding carboxylic acids is 2. The molecule has 1 atom stereocenters. The lowest BCUT2D eigenvalue weighted by Crippen LogP contribution is -2.40. The summed E-state index contributed by atoms with van der Waals surface area (Å²) >= 11 is -0.283. The third-order valence-corrected chi connectivity index (χ3v) is 15.6. The molecule has 0 radical (unpaired) electrons. The van der Waals surface area contributed by atoms with Gasteiger partial charge in [-0.2, -0.15) is 36.3 Å². The first-order valence-electron chi connectivity index (χ1n) is 47.0. The van der Waals surface area contributed by atoms with Crippen LogP contribution in [0.2, 0.25) is 0 Å². The lowest BCUT2D eigenvalue weighted by atomic mass is 9.98. The normalized spacial score (nSPS) is 22.0. The van der Waals surface area contributed by atoms with Crippen LogP contribution in [0.4, 0.5) is 35.1 Å². The van der Waals surface area contributed by atoms with Gasteiger partial charge in [0, 0.05) is 90.7 Å². The third-order valence-electron chi connectivity index (χ3n) is 14.0. The zero-order valence-electron chi connectivity index (χ0n) is 87.5. The lowest BCUT2D eigenvalue weighted by Gasteiger charge is -2.28. The summed E-state index contributed by atoms with van der Waals surface area (Å²) in [4.78, 5) is 66.0. The number of alkyl halides is 6. The quantitative estimate of drug-likeness (QED) is 0.0295. The topological polar surface area (TPSA) is 117 Å². The van der Waals surface area contributed by atoms with Crippen LogP contribution in [0.3, 0.4) is 0 Å². The van der Waals surface area contributed by atoms with Gasteiger partial charge >= 0.3 is 12.4 Å². The molecule has 2 aliphatic rings. The first kappa shape index (κ1) is 38.3. The zero-order chi connectivity index (χ0) is 101. The third kappa shape index (κ3) is 19.0. The Balaban J connectivity index is 0.000000297. The van der Waals surface area contributed by atoms with E-state index in [0.717, 1.165) is 64.6 Å². The maximum Gasteiger partial charge on any atom is 0.416 e. The van der Waals surface area contributed by atoms with Crippen LogP contribution >= 0.6 is 23.5 Å². The first-order valence-corrected chi connectivity index (χ1v) is 30.6. The Hall–Kier alpha value is -7.92. The van der Waals surface area contributed by atoms with Gasteiger partial charge in [0.05, 0.1) is 42.7 Å². The van der Waals surface area contributed by atoms with Crippen molar-refractivity contribution in [3.05, 3.63) is 233 Å². The van der Waals surface area contributed by atoms with Gasteiger partial charge in [-0.25, -0.2) is 8.78 Å². The van der Waals surface area contributed by atoms with Crippen molar-refractivity contribution < 1.29 is 94.1 Å². The number of hydrogen-bond acceptors (Lipinski definition) is 10. The molecule has 6 aromatic carbocycles. The lowest BCUT2D eigenvalue weighted by molar-refractivity contribution is -0.138. The van der Waals surface area contributed by atoms with Crippen LogP contribution in [0.25, 0.3) is 22.3 Å². The van der Waals surface area contributed by atoms with Crippen molar-refractivity contribution in [1.29, 1.82) is 0 Å². The second kappa shape index (κ2) is 32.9. The molecule has 12 nitrogen and oxygen atoms in total. The first-order chi connectivity index (χ1) is 60.1. The Morgan fingerprint density at radius 3 is 1.54 bits per heavy atom. The standard InChI is InChI=1S/2C37H40F4N4O2S/c1-4-43(5-2)18-19-44(22-26-6-10-28(11-7-26)29-12-14-30(15-13-29)37(39,40)41)34(46)23-45-33-21-25(3)20-32(33)35(47)42-36(45)48-24-27-8-16-31(38)17-9-27;1-4-43(5-2)19-20-44(22-29-12-11-28(21-25(29)3)27-13-15-30(16-14-27)37(39,40)41)34(46)23-45-33-8-6-7-32(33)35(47)42-36(45)48-24-26-9-17-31(38)18-10-26/h6-17,25H,4-5,18-24H2,1-3H3;9-18,21H,4-8,19-20,22-24H2,1-3H3/i8D,9D,16D,17D,18D2,19D2,20D2,21D2,22D2,24D2,25D;9D,10D,11D,12D,13D,14D,15D,16D,17D,18D,19D2,20D2,21D,22D2,24D2. The summed E-state index contributed by atoms with van der Waals surface area (Å²) in [5, 5.41) is -1.78. The minimum Gasteiger partial charge on any atom is -0.336 e. The highest BCUT2D eigenvalue weighted by atomic mass is 32.2. The van der Waals surface area contributed by atoms with Crippen LogP contribution in [0.1, 0.15) is 152 Å². The molecule has 1 unspecified atom stereocenters. The smallest absolute Gasteiger partial charge is 0.336 e. The van der Waals surface area contributed by atoms with Gasteiger partial charge in [-0.1, -0.05) is 149 Å². The van der Waals surface area contributed by atoms with Gasteiger partial charge in [0.15, 0.2) is 10.3 Å². The second-order valence-corrected chi connectivity index (χ2v) is 21.9. The van der Waals surface area contributed by atoms with Gasteiger partial charge in [0.2, 0.25) is 11.8 Å². The van der Waals surface area contributed by atoms with E-state index in [9.17, 15) is 60.5 Å². The number of halogens is 8. The van der Waals surface area contributed by atoms with Crippen LogP contribution in [-0.2, 0) is 85.0 Å². The van der Waals surface area contributed by atoms with E-state index in [-0.39, 0.29) is 101 Å². The molecule has 0 bridgehead atoms. The summed E-state index contributed by atoms with van der Waals surface area (Å²) in [7, 11) is 0. The van der Waals surface area contributed by atoms with Gasteiger partial charge in [-0.05, 0) is 169 Å². The minimum absolute atomic E-state index is 0.00166. The Morgan fingerprint density at radius 2 is 1.04 bits per heavy atom. The van der Waals surface area contributed by atoms with Gasteiger partial charge < -0.3 is 28.7 Å². The molecule has 508 valence electrons. The van der Waals surface area contributed by atoms with Crippen LogP contribution in [0.5, 0.6) is 0 Å². The van der Waals surface area contributed by atoms with Crippen LogP contribution in [0, 0.1) is 24.5 Å². The molecule has 0 aliphatic heterocycles. The van der Waals surface area contributed by atoms with E-state index >= 15 is 4.79 Å². The Morgan fingerprint density at radius 1 is 0.573 bits per heavy atom.